The number of hydrogen-bond donors (Lipinski definition) is 3. The predicted octanol–water partition coefficient (Wildman–Crippen LogP) is 3.87. The number of Topliss-reactive ketones (excluding diaryl/α,β-unsaturated/α-hetero) is 1. The molecule has 0 unspecified atom stereocenters. The number of nitrogens with one attached hydrogen (secondary N) is 2. The van der Waals surface area contributed by atoms with Gasteiger partial charge < -0.3 is 25.2 Å². The Morgan fingerprint density at radius 3 is 2.57 bits per heavy atom. The quantitative estimate of drug-likeness (QED) is 0.224. The lowest BCUT2D eigenvalue weighted by atomic mass is 9.90. The third-order valence-corrected chi connectivity index (χ3v) is 7.45. The third kappa shape index (κ3) is 12.0. The maximum Gasteiger partial charge on any atom is 0.328 e. The number of methoxy groups -OCH3 is 1. The van der Waals surface area contributed by atoms with E-state index in [4.69, 9.17) is 9.47 Å². The molecular weight excluding hydrogens is 564 g/mol. The molecule has 0 saturated carbocycles. The summed E-state index contributed by atoms with van der Waals surface area (Å²) in [5, 5.41) is 16.4. The number of esters is 1. The third-order valence-electron chi connectivity index (χ3n) is 7.45. The van der Waals surface area contributed by atoms with Crippen LogP contribution < -0.4 is 10.6 Å². The molecule has 0 aromatic heterocycles. The summed E-state index contributed by atoms with van der Waals surface area (Å²) < 4.78 is 11.2. The zero-order valence-electron chi connectivity index (χ0n) is 26.3. The van der Waals surface area contributed by atoms with E-state index in [9.17, 15) is 29.1 Å². The van der Waals surface area contributed by atoms with Crippen molar-refractivity contribution in [1.82, 2.24) is 10.6 Å². The molecule has 0 spiro atoms. The Bertz CT molecular complexity index is 1240. The van der Waals surface area contributed by atoms with Crippen molar-refractivity contribution in [2.24, 2.45) is 5.92 Å². The van der Waals surface area contributed by atoms with Gasteiger partial charge in [-0.3, -0.25) is 19.2 Å². The van der Waals surface area contributed by atoms with Crippen molar-refractivity contribution in [2.45, 2.75) is 97.0 Å². The summed E-state index contributed by atoms with van der Waals surface area (Å²) in [5.41, 5.74) is 0.789. The van der Waals surface area contributed by atoms with Crippen LogP contribution >= 0.6 is 0 Å². The van der Waals surface area contributed by atoms with Gasteiger partial charge in [-0.25, -0.2) is 4.79 Å². The minimum Gasteiger partial charge on any atom is -0.460 e. The SMILES string of the molecule is CCCCC(=O)N[C@@H](C)C(=O)O[C@@H]1C/C=C/C=C/C=C/[C@H](OC)CC(=O)NC2=CC(=O)C=C(CC/C=C(/C)[C@@H](O)[C@H]1C)C2=O. The largest absolute Gasteiger partial charge is 0.460 e. The molecule has 2 rings (SSSR count). The number of aliphatic hydroxyl groups excluding tert-OH is 1. The van der Waals surface area contributed by atoms with Crippen LogP contribution in [-0.2, 0) is 33.4 Å². The van der Waals surface area contributed by atoms with Crippen LogP contribution in [0.5, 0.6) is 0 Å². The van der Waals surface area contributed by atoms with E-state index in [1.807, 2.05) is 13.0 Å². The molecule has 5 atom stereocenters. The summed E-state index contributed by atoms with van der Waals surface area (Å²) in [4.78, 5) is 62.9. The van der Waals surface area contributed by atoms with Gasteiger partial charge in [0.25, 0.3) is 0 Å². The standard InChI is InChI=1S/C34H46N2O8/c1-6-7-18-30(38)35-24(4)34(42)44-29-17-12-10-8-9-11-16-27(43-5)21-31(39)36-28-20-26(37)19-25(33(28)41)15-13-14-22(2)32(40)23(29)3/h8-12,14,16,19-20,23-24,27,29,32,40H,6-7,13,15,17-18,21H2,1-5H3,(H,35,38)(H,36,39)/b9-8+,12-10+,16-11+,22-14-/t23-,24-,27-,29+,32+/m0/s1. The first-order valence-electron chi connectivity index (χ1n) is 15.1. The summed E-state index contributed by atoms with van der Waals surface area (Å²) in [5.74, 6) is -2.63. The summed E-state index contributed by atoms with van der Waals surface area (Å²) in [7, 11) is 1.47. The van der Waals surface area contributed by atoms with E-state index >= 15 is 0 Å². The average Bonchev–Trinajstić information content (AvgIpc) is 2.98. The Hall–Kier alpha value is -3.89. The highest BCUT2D eigenvalue weighted by Gasteiger charge is 2.30. The molecule has 10 heteroatoms. The topological polar surface area (TPSA) is 148 Å². The van der Waals surface area contributed by atoms with Crippen LogP contribution in [0.2, 0.25) is 0 Å². The molecule has 0 saturated heterocycles. The van der Waals surface area contributed by atoms with Gasteiger partial charge in [0.05, 0.1) is 24.3 Å². The molecule has 1 aliphatic carbocycles. The first kappa shape index (κ1) is 36.3. The van der Waals surface area contributed by atoms with Gasteiger partial charge in [0, 0.05) is 37.5 Å². The van der Waals surface area contributed by atoms with Crippen molar-refractivity contribution >= 4 is 29.4 Å². The Balaban J connectivity index is 2.30. The second kappa shape index (κ2) is 18.7. The van der Waals surface area contributed by atoms with E-state index in [2.05, 4.69) is 10.6 Å². The average molecular weight is 611 g/mol. The lowest BCUT2D eigenvalue weighted by Crippen LogP contribution is -2.43. The fourth-order valence-electron chi connectivity index (χ4n) is 4.69. The predicted molar refractivity (Wildman–Crippen MR) is 167 cm³/mol. The molecule has 2 aliphatic rings. The first-order chi connectivity index (χ1) is 21.0. The van der Waals surface area contributed by atoms with E-state index in [0.29, 0.717) is 24.8 Å². The van der Waals surface area contributed by atoms with Gasteiger partial charge in [-0.1, -0.05) is 62.8 Å². The number of carbonyl (C=O) groups is 5. The molecule has 240 valence electrons. The van der Waals surface area contributed by atoms with Gasteiger partial charge in [-0.2, -0.15) is 0 Å². The Kier molecular flexibility index (Phi) is 15.4. The van der Waals surface area contributed by atoms with Gasteiger partial charge in [-0.15, -0.1) is 0 Å². The maximum absolute atomic E-state index is 13.0. The van der Waals surface area contributed by atoms with Crippen molar-refractivity contribution < 1.29 is 38.6 Å². The smallest absolute Gasteiger partial charge is 0.328 e. The summed E-state index contributed by atoms with van der Waals surface area (Å²) in [6, 6.07) is -0.849. The van der Waals surface area contributed by atoms with Gasteiger partial charge in [-0.05, 0) is 44.8 Å². The molecule has 44 heavy (non-hydrogen) atoms. The zero-order chi connectivity index (χ0) is 32.6. The molecule has 2 bridgehead atoms. The van der Waals surface area contributed by atoms with Crippen LogP contribution in [0.25, 0.3) is 0 Å². The van der Waals surface area contributed by atoms with Crippen LogP contribution in [0.4, 0.5) is 0 Å². The summed E-state index contributed by atoms with van der Waals surface area (Å²) in [6.07, 6.45) is 15.2. The van der Waals surface area contributed by atoms with Crippen LogP contribution in [0, 0.1) is 5.92 Å². The number of ketones is 2. The fraction of sp³-hybridized carbons (Fsp3) is 0.500. The van der Waals surface area contributed by atoms with Crippen LogP contribution in [0.1, 0.15) is 72.6 Å². The molecule has 2 amide bonds. The van der Waals surface area contributed by atoms with Gasteiger partial charge in [0.15, 0.2) is 5.78 Å². The number of carbonyl (C=O) groups excluding carboxylic acids is 5. The van der Waals surface area contributed by atoms with Crippen LogP contribution in [0.15, 0.2) is 71.5 Å². The number of aliphatic hydroxyl groups is 1. The molecule has 0 radical (unpaired) electrons. The Morgan fingerprint density at radius 1 is 1.14 bits per heavy atom. The van der Waals surface area contributed by atoms with Crippen molar-refractivity contribution in [2.75, 3.05) is 7.11 Å². The minimum atomic E-state index is -0.971. The van der Waals surface area contributed by atoms with E-state index in [0.717, 1.165) is 18.9 Å². The van der Waals surface area contributed by atoms with Crippen LogP contribution in [-0.4, -0.2) is 65.9 Å². The minimum absolute atomic E-state index is 0.0588. The van der Waals surface area contributed by atoms with Gasteiger partial charge >= 0.3 is 5.97 Å². The maximum atomic E-state index is 13.0. The highest BCUT2D eigenvalue weighted by Crippen LogP contribution is 2.24. The Labute approximate surface area is 260 Å². The first-order valence-corrected chi connectivity index (χ1v) is 15.1. The highest BCUT2D eigenvalue weighted by molar-refractivity contribution is 6.21. The lowest BCUT2D eigenvalue weighted by Gasteiger charge is -2.29. The molecule has 1 aliphatic heterocycles. The van der Waals surface area contributed by atoms with Crippen LogP contribution in [0.3, 0.4) is 0 Å². The van der Waals surface area contributed by atoms with Gasteiger partial charge in [0.1, 0.15) is 12.1 Å². The normalized spacial score (nSPS) is 28.0. The molecule has 0 aromatic rings. The molecule has 0 fully saturated rings. The van der Waals surface area contributed by atoms with Crippen molar-refractivity contribution in [3.05, 3.63) is 71.5 Å². The highest BCUT2D eigenvalue weighted by atomic mass is 16.5. The van der Waals surface area contributed by atoms with Crippen molar-refractivity contribution in [3.8, 4) is 0 Å². The number of amides is 2. The number of hydrogen-bond acceptors (Lipinski definition) is 8. The molecular formula is C34H46N2O8. The van der Waals surface area contributed by atoms with E-state index < -0.39 is 53.7 Å². The lowest BCUT2D eigenvalue weighted by molar-refractivity contribution is -0.156. The van der Waals surface area contributed by atoms with E-state index in [-0.39, 0.29) is 30.0 Å². The monoisotopic (exact) mass is 610 g/mol. The molecule has 1 heterocycles. The van der Waals surface area contributed by atoms with E-state index in [1.54, 1.807) is 57.2 Å². The second-order valence-corrected chi connectivity index (χ2v) is 11.1. The number of ether oxygens (including phenoxy) is 2. The molecule has 10 nitrogen and oxygen atoms in total. The number of allylic oxidation sites excluding steroid dienone is 8. The van der Waals surface area contributed by atoms with Gasteiger partial charge in [0.2, 0.25) is 17.6 Å². The molecule has 3 N–H and O–H groups in total. The summed E-state index contributed by atoms with van der Waals surface area (Å²) in [6.45, 7) is 7.08. The fourth-order valence-corrected chi connectivity index (χ4v) is 4.69. The van der Waals surface area contributed by atoms with E-state index in [1.165, 1.54) is 13.2 Å². The molecule has 0 aromatic carbocycles. The van der Waals surface area contributed by atoms with Crippen molar-refractivity contribution in [3.63, 3.8) is 0 Å². The number of fused-ring (bicyclic) bond motifs is 2. The Morgan fingerprint density at radius 2 is 1.86 bits per heavy atom. The second-order valence-electron chi connectivity index (χ2n) is 11.1. The zero-order valence-corrected chi connectivity index (χ0v) is 26.3. The van der Waals surface area contributed by atoms with Crippen molar-refractivity contribution in [1.29, 1.82) is 0 Å². The summed E-state index contributed by atoms with van der Waals surface area (Å²) >= 11 is 0. The number of unbranched alkanes of at least 4 members (excludes halogenated alkanes) is 1. The number of rotatable bonds is 7.